The second-order valence-corrected chi connectivity index (χ2v) is 5.41. The molecule has 0 radical (unpaired) electrons. The number of carboxylic acids is 1. The zero-order valence-electron chi connectivity index (χ0n) is 13.0. The third kappa shape index (κ3) is 5.56. The maximum absolute atomic E-state index is 12.4. The number of anilines is 1. The van der Waals surface area contributed by atoms with E-state index in [9.17, 15) is 27.6 Å². The van der Waals surface area contributed by atoms with Gasteiger partial charge < -0.3 is 15.7 Å². The summed E-state index contributed by atoms with van der Waals surface area (Å²) in [5.74, 6) is -4.80. The molecule has 0 saturated carbocycles. The number of nitrogens with one attached hydrogen (secondary N) is 2. The molecule has 9 heteroatoms. The highest BCUT2D eigenvalue weighted by Gasteiger charge is 2.41. The van der Waals surface area contributed by atoms with Gasteiger partial charge in [0, 0.05) is 5.69 Å². The number of aliphatic carboxylic acids is 1. The Kier molecular flexibility index (Phi) is 6.33. The predicted molar refractivity (Wildman–Crippen MR) is 79.2 cm³/mol. The Morgan fingerprint density at radius 3 is 2.25 bits per heavy atom. The molecule has 24 heavy (non-hydrogen) atoms. The summed E-state index contributed by atoms with van der Waals surface area (Å²) in [6.07, 6.45) is -5.47. The van der Waals surface area contributed by atoms with Crippen molar-refractivity contribution in [3.8, 4) is 0 Å². The monoisotopic (exact) mass is 346 g/mol. The fourth-order valence-corrected chi connectivity index (χ4v) is 1.93. The second kappa shape index (κ2) is 7.80. The number of carbonyl (C=O) groups is 3. The first-order chi connectivity index (χ1) is 11.0. The van der Waals surface area contributed by atoms with E-state index in [1.807, 2.05) is 0 Å². The van der Waals surface area contributed by atoms with E-state index in [1.165, 1.54) is 26.0 Å². The van der Waals surface area contributed by atoms with Gasteiger partial charge in [-0.1, -0.05) is 32.0 Å². The lowest BCUT2D eigenvalue weighted by atomic mass is 10.0. The maximum atomic E-state index is 12.4. The minimum absolute atomic E-state index is 0.164. The summed E-state index contributed by atoms with van der Waals surface area (Å²) in [6, 6.07) is 4.59. The molecule has 1 rings (SSSR count). The van der Waals surface area contributed by atoms with Gasteiger partial charge in [-0.15, -0.1) is 0 Å². The molecule has 2 amide bonds. The summed E-state index contributed by atoms with van der Waals surface area (Å²) in [7, 11) is 0. The van der Waals surface area contributed by atoms with Gasteiger partial charge in [0.1, 0.15) is 6.04 Å². The zero-order chi connectivity index (χ0) is 18.5. The molecule has 0 saturated heterocycles. The number of carbonyl (C=O) groups excluding carboxylic acids is 2. The number of amides is 2. The number of alkyl halides is 3. The molecule has 1 atom stereocenters. The van der Waals surface area contributed by atoms with E-state index in [0.29, 0.717) is 5.56 Å². The van der Waals surface area contributed by atoms with Gasteiger partial charge in [0.2, 0.25) is 5.91 Å². The van der Waals surface area contributed by atoms with E-state index in [4.69, 9.17) is 5.11 Å². The Hall–Kier alpha value is -2.58. The van der Waals surface area contributed by atoms with Crippen molar-refractivity contribution in [1.29, 1.82) is 0 Å². The summed E-state index contributed by atoms with van der Waals surface area (Å²) in [5.41, 5.74) is 0.458. The molecule has 0 bridgehead atoms. The molecule has 0 aliphatic heterocycles. The van der Waals surface area contributed by atoms with Crippen LogP contribution >= 0.6 is 0 Å². The van der Waals surface area contributed by atoms with Crippen LogP contribution in [0.5, 0.6) is 0 Å². The van der Waals surface area contributed by atoms with Gasteiger partial charge in [0.25, 0.3) is 0 Å². The molecule has 0 aliphatic carbocycles. The normalized spacial score (nSPS) is 12.6. The topological polar surface area (TPSA) is 95.5 Å². The van der Waals surface area contributed by atoms with Gasteiger partial charge in [-0.3, -0.25) is 14.4 Å². The van der Waals surface area contributed by atoms with Crippen LogP contribution in [0.2, 0.25) is 0 Å². The first-order valence-electron chi connectivity index (χ1n) is 7.00. The Labute approximate surface area is 136 Å². The number of para-hydroxylation sites is 1. The van der Waals surface area contributed by atoms with Gasteiger partial charge in [-0.05, 0) is 17.5 Å². The number of hydrogen-bond donors (Lipinski definition) is 3. The van der Waals surface area contributed by atoms with Crippen molar-refractivity contribution in [3.05, 3.63) is 29.8 Å². The first kappa shape index (κ1) is 19.5. The minimum Gasteiger partial charge on any atom is -0.481 e. The zero-order valence-corrected chi connectivity index (χ0v) is 13.0. The van der Waals surface area contributed by atoms with E-state index < -0.39 is 35.9 Å². The van der Waals surface area contributed by atoms with Gasteiger partial charge in [0.05, 0.1) is 6.42 Å². The van der Waals surface area contributed by atoms with Crippen molar-refractivity contribution in [1.82, 2.24) is 5.32 Å². The summed E-state index contributed by atoms with van der Waals surface area (Å²) in [4.78, 5) is 34.1. The number of rotatable bonds is 6. The largest absolute Gasteiger partial charge is 0.481 e. The van der Waals surface area contributed by atoms with Crippen molar-refractivity contribution in [3.63, 3.8) is 0 Å². The molecule has 0 fully saturated rings. The van der Waals surface area contributed by atoms with Gasteiger partial charge in [0.15, 0.2) is 0 Å². The molecule has 1 aromatic carbocycles. The van der Waals surface area contributed by atoms with Crippen LogP contribution in [0.4, 0.5) is 18.9 Å². The van der Waals surface area contributed by atoms with Crippen LogP contribution in [-0.2, 0) is 20.8 Å². The fraction of sp³-hybridized carbons (Fsp3) is 0.400. The molecule has 3 N–H and O–H groups in total. The number of carboxylic acid groups (broad SMARTS) is 1. The SMILES string of the molecule is CC(C)[C@H](NC(=O)C(F)(F)F)C(=O)Nc1ccccc1CC(=O)O. The highest BCUT2D eigenvalue weighted by Crippen LogP contribution is 2.19. The van der Waals surface area contributed by atoms with Crippen LogP contribution in [0.1, 0.15) is 19.4 Å². The Morgan fingerprint density at radius 2 is 1.75 bits per heavy atom. The standard InChI is InChI=1S/C15H17F3N2O4/c1-8(2)12(20-14(24)15(16,17)18)13(23)19-10-6-4-3-5-9(10)7-11(21)22/h3-6,8,12H,7H2,1-2H3,(H,19,23)(H,20,24)(H,21,22)/t12-/m0/s1. The molecule has 0 heterocycles. The molecule has 132 valence electrons. The smallest absolute Gasteiger partial charge is 0.471 e. The number of hydrogen-bond acceptors (Lipinski definition) is 3. The van der Waals surface area contributed by atoms with E-state index >= 15 is 0 Å². The summed E-state index contributed by atoms with van der Waals surface area (Å²) < 4.78 is 37.1. The Morgan fingerprint density at radius 1 is 1.17 bits per heavy atom. The third-order valence-corrected chi connectivity index (χ3v) is 3.11. The van der Waals surface area contributed by atoms with Crippen LogP contribution in [-0.4, -0.2) is 35.1 Å². The molecule has 1 aromatic rings. The van der Waals surface area contributed by atoms with Crippen molar-refractivity contribution in [2.24, 2.45) is 5.92 Å². The van der Waals surface area contributed by atoms with E-state index in [0.717, 1.165) is 0 Å². The van der Waals surface area contributed by atoms with Crippen LogP contribution in [0.15, 0.2) is 24.3 Å². The average molecular weight is 346 g/mol. The molecular weight excluding hydrogens is 329 g/mol. The predicted octanol–water partition coefficient (Wildman–Crippen LogP) is 1.96. The Balaban J connectivity index is 2.94. The van der Waals surface area contributed by atoms with E-state index in [2.05, 4.69) is 5.32 Å². The van der Waals surface area contributed by atoms with Crippen LogP contribution < -0.4 is 10.6 Å². The van der Waals surface area contributed by atoms with Crippen molar-refractivity contribution >= 4 is 23.5 Å². The van der Waals surface area contributed by atoms with E-state index in [1.54, 1.807) is 17.4 Å². The quantitative estimate of drug-likeness (QED) is 0.734. The summed E-state index contributed by atoms with van der Waals surface area (Å²) >= 11 is 0. The lowest BCUT2D eigenvalue weighted by molar-refractivity contribution is -0.175. The summed E-state index contributed by atoms with van der Waals surface area (Å²) in [5, 5.41) is 12.9. The molecule has 0 unspecified atom stereocenters. The average Bonchev–Trinajstić information content (AvgIpc) is 2.44. The van der Waals surface area contributed by atoms with Crippen LogP contribution in [0.3, 0.4) is 0 Å². The van der Waals surface area contributed by atoms with Crippen LogP contribution in [0.25, 0.3) is 0 Å². The fourth-order valence-electron chi connectivity index (χ4n) is 1.93. The van der Waals surface area contributed by atoms with Gasteiger partial charge in [-0.25, -0.2) is 0 Å². The maximum Gasteiger partial charge on any atom is 0.471 e. The minimum atomic E-state index is -5.10. The lowest BCUT2D eigenvalue weighted by Crippen LogP contribution is -2.51. The van der Waals surface area contributed by atoms with Crippen LogP contribution in [0, 0.1) is 5.92 Å². The third-order valence-electron chi connectivity index (χ3n) is 3.11. The molecule has 0 spiro atoms. The highest BCUT2D eigenvalue weighted by molar-refractivity contribution is 5.98. The molecule has 0 aliphatic rings. The van der Waals surface area contributed by atoms with Gasteiger partial charge >= 0.3 is 18.1 Å². The van der Waals surface area contributed by atoms with E-state index in [-0.39, 0.29) is 12.1 Å². The lowest BCUT2D eigenvalue weighted by Gasteiger charge is -2.23. The van der Waals surface area contributed by atoms with Crippen molar-refractivity contribution in [2.75, 3.05) is 5.32 Å². The van der Waals surface area contributed by atoms with Crippen molar-refractivity contribution in [2.45, 2.75) is 32.5 Å². The first-order valence-corrected chi connectivity index (χ1v) is 7.00. The number of benzene rings is 1. The second-order valence-electron chi connectivity index (χ2n) is 5.41. The molecular formula is C15H17F3N2O4. The van der Waals surface area contributed by atoms with Gasteiger partial charge in [-0.2, -0.15) is 13.2 Å². The molecule has 6 nitrogen and oxygen atoms in total. The highest BCUT2D eigenvalue weighted by atomic mass is 19.4. The molecule has 0 aromatic heterocycles. The number of halogens is 3. The summed E-state index contributed by atoms with van der Waals surface area (Å²) in [6.45, 7) is 2.95. The Bertz CT molecular complexity index is 629. The van der Waals surface area contributed by atoms with Crippen molar-refractivity contribution < 1.29 is 32.7 Å².